The van der Waals surface area contributed by atoms with E-state index in [1.807, 2.05) is 12.1 Å². The van der Waals surface area contributed by atoms with Gasteiger partial charge < -0.3 is 8.27 Å². The minimum Gasteiger partial charge on any atom is -0.493 e. The maximum absolute atomic E-state index is 5.37. The van der Waals surface area contributed by atoms with Crippen molar-refractivity contribution >= 4 is 28.6 Å². The molecule has 1 aliphatic heterocycles. The molecule has 2 nitrogen and oxygen atoms in total. The highest BCUT2D eigenvalue weighted by Gasteiger charge is 2.10. The number of anilines is 1. The quantitative estimate of drug-likeness (QED) is 0.619. The zero-order valence-electron chi connectivity index (χ0n) is 5.93. The van der Waals surface area contributed by atoms with Gasteiger partial charge in [-0.25, -0.2) is 0 Å². The molecule has 3 heteroatoms. The van der Waals surface area contributed by atoms with Crippen molar-refractivity contribution in [1.82, 2.24) is 0 Å². The fourth-order valence-electron chi connectivity index (χ4n) is 1.25. The number of ether oxygens (including phenoxy) is 1. The van der Waals surface area contributed by atoms with Crippen LogP contribution in [0.15, 0.2) is 18.2 Å². The summed E-state index contributed by atoms with van der Waals surface area (Å²) in [5, 5.41) is 0. The summed E-state index contributed by atoms with van der Waals surface area (Å²) in [5.41, 5.74) is 2.46. The van der Waals surface area contributed by atoms with E-state index in [0.29, 0.717) is 0 Å². The SMILES string of the molecule is INc1ccc2c(c1)CCO2. The smallest absolute Gasteiger partial charge is 0.122 e. The zero-order valence-corrected chi connectivity index (χ0v) is 8.09. The second-order valence-corrected chi connectivity index (χ2v) is 3.05. The van der Waals surface area contributed by atoms with Gasteiger partial charge in [0.25, 0.3) is 0 Å². The highest BCUT2D eigenvalue weighted by molar-refractivity contribution is 14.1. The number of hydrogen-bond acceptors (Lipinski definition) is 2. The molecule has 58 valence electrons. The summed E-state index contributed by atoms with van der Waals surface area (Å²) in [6, 6.07) is 6.18. The lowest BCUT2D eigenvalue weighted by molar-refractivity contribution is 0.357. The molecule has 2 rings (SSSR count). The molecule has 0 bridgehead atoms. The molecule has 1 heterocycles. The lowest BCUT2D eigenvalue weighted by Crippen LogP contribution is -1.85. The van der Waals surface area contributed by atoms with Crippen LogP contribution in [0.25, 0.3) is 0 Å². The van der Waals surface area contributed by atoms with E-state index in [-0.39, 0.29) is 0 Å². The number of hydrogen-bond donors (Lipinski definition) is 1. The normalized spacial score (nSPS) is 13.9. The number of rotatable bonds is 1. The Labute approximate surface area is 79.4 Å². The van der Waals surface area contributed by atoms with E-state index >= 15 is 0 Å². The van der Waals surface area contributed by atoms with Crippen LogP contribution in [0, 0.1) is 0 Å². The Morgan fingerprint density at radius 2 is 2.36 bits per heavy atom. The van der Waals surface area contributed by atoms with Crippen LogP contribution in [0.5, 0.6) is 5.75 Å². The van der Waals surface area contributed by atoms with E-state index in [1.165, 1.54) is 5.56 Å². The van der Waals surface area contributed by atoms with E-state index in [9.17, 15) is 0 Å². The molecule has 0 fully saturated rings. The predicted molar refractivity (Wildman–Crippen MR) is 53.3 cm³/mol. The Kier molecular flexibility index (Phi) is 1.89. The average Bonchev–Trinajstić information content (AvgIpc) is 2.50. The molecule has 0 unspecified atom stereocenters. The van der Waals surface area contributed by atoms with E-state index < -0.39 is 0 Å². The van der Waals surface area contributed by atoms with Gasteiger partial charge in [0.15, 0.2) is 0 Å². The van der Waals surface area contributed by atoms with Gasteiger partial charge in [0, 0.05) is 12.1 Å². The molecule has 1 aromatic rings. The molecule has 0 spiro atoms. The lowest BCUT2D eigenvalue weighted by atomic mass is 10.1. The second-order valence-electron chi connectivity index (χ2n) is 2.52. The molecule has 0 saturated heterocycles. The van der Waals surface area contributed by atoms with Crippen LogP contribution in [-0.4, -0.2) is 6.61 Å². The third-order valence-electron chi connectivity index (χ3n) is 1.80. The number of fused-ring (bicyclic) bond motifs is 1. The average molecular weight is 261 g/mol. The molecule has 11 heavy (non-hydrogen) atoms. The summed E-state index contributed by atoms with van der Waals surface area (Å²) in [6.07, 6.45) is 1.04. The van der Waals surface area contributed by atoms with E-state index in [2.05, 4.69) is 32.5 Å². The largest absolute Gasteiger partial charge is 0.493 e. The minimum atomic E-state index is 0.833. The molecule has 1 N–H and O–H groups in total. The van der Waals surface area contributed by atoms with Crippen molar-refractivity contribution in [2.45, 2.75) is 6.42 Å². The van der Waals surface area contributed by atoms with Gasteiger partial charge in [0.2, 0.25) is 0 Å². The van der Waals surface area contributed by atoms with Crippen molar-refractivity contribution in [3.63, 3.8) is 0 Å². The first-order valence-corrected chi connectivity index (χ1v) is 4.60. The fraction of sp³-hybridized carbons (Fsp3) is 0.250. The van der Waals surface area contributed by atoms with Gasteiger partial charge in [-0.3, -0.25) is 0 Å². The van der Waals surface area contributed by atoms with E-state index in [0.717, 1.165) is 24.5 Å². The molecule has 0 aromatic heterocycles. The summed E-state index contributed by atoms with van der Waals surface area (Å²) in [6.45, 7) is 0.833. The number of halogens is 1. The Bertz CT molecular complexity index is 275. The Hall–Kier alpha value is -0.450. The van der Waals surface area contributed by atoms with Crippen LogP contribution in [0.2, 0.25) is 0 Å². The first-order chi connectivity index (χ1) is 5.40. The van der Waals surface area contributed by atoms with Crippen molar-refractivity contribution in [2.75, 3.05) is 10.1 Å². The summed E-state index contributed by atoms with van der Waals surface area (Å²) < 4.78 is 8.44. The summed E-state index contributed by atoms with van der Waals surface area (Å²) in [7, 11) is 0. The van der Waals surface area contributed by atoms with Gasteiger partial charge in [0.1, 0.15) is 5.75 Å². The lowest BCUT2D eigenvalue weighted by Gasteiger charge is -2.00. The first kappa shape index (κ1) is 7.21. The summed E-state index contributed by atoms with van der Waals surface area (Å²) in [4.78, 5) is 0. The molecule has 1 aromatic carbocycles. The van der Waals surface area contributed by atoms with Gasteiger partial charge in [-0.2, -0.15) is 0 Å². The minimum absolute atomic E-state index is 0.833. The monoisotopic (exact) mass is 261 g/mol. The van der Waals surface area contributed by atoms with Crippen molar-refractivity contribution in [1.29, 1.82) is 0 Å². The van der Waals surface area contributed by atoms with Crippen molar-refractivity contribution in [2.24, 2.45) is 0 Å². The first-order valence-electron chi connectivity index (χ1n) is 3.52. The third kappa shape index (κ3) is 1.29. The number of nitrogens with one attached hydrogen (secondary N) is 1. The summed E-state index contributed by atoms with van der Waals surface area (Å²) in [5.74, 6) is 1.04. The summed E-state index contributed by atoms with van der Waals surface area (Å²) >= 11 is 2.13. The molecule has 0 amide bonds. The van der Waals surface area contributed by atoms with Gasteiger partial charge in [0.05, 0.1) is 29.5 Å². The van der Waals surface area contributed by atoms with Crippen molar-refractivity contribution in [3.05, 3.63) is 23.8 Å². The zero-order chi connectivity index (χ0) is 7.68. The van der Waals surface area contributed by atoms with Gasteiger partial charge in [-0.15, -0.1) is 0 Å². The maximum Gasteiger partial charge on any atom is 0.122 e. The molecule has 0 aliphatic carbocycles. The van der Waals surface area contributed by atoms with Crippen LogP contribution >= 0.6 is 22.9 Å². The van der Waals surface area contributed by atoms with E-state index in [1.54, 1.807) is 0 Å². The van der Waals surface area contributed by atoms with Crippen LogP contribution in [-0.2, 0) is 6.42 Å². The predicted octanol–water partition coefficient (Wildman–Crippen LogP) is 2.38. The van der Waals surface area contributed by atoms with Gasteiger partial charge >= 0.3 is 0 Å². The second kappa shape index (κ2) is 2.89. The van der Waals surface area contributed by atoms with Crippen LogP contribution in [0.1, 0.15) is 5.56 Å². The molecule has 1 aliphatic rings. The van der Waals surface area contributed by atoms with Crippen molar-refractivity contribution in [3.8, 4) is 5.75 Å². The topological polar surface area (TPSA) is 21.3 Å². The highest BCUT2D eigenvalue weighted by atomic mass is 127. The Morgan fingerprint density at radius 3 is 3.18 bits per heavy atom. The highest BCUT2D eigenvalue weighted by Crippen LogP contribution is 2.28. The Balaban J connectivity index is 2.41. The Morgan fingerprint density at radius 1 is 1.45 bits per heavy atom. The van der Waals surface area contributed by atoms with E-state index in [4.69, 9.17) is 4.74 Å². The fourth-order valence-corrected chi connectivity index (χ4v) is 1.58. The van der Waals surface area contributed by atoms with Crippen LogP contribution < -0.4 is 8.27 Å². The van der Waals surface area contributed by atoms with Gasteiger partial charge in [-0.1, -0.05) is 0 Å². The molecule has 0 saturated carbocycles. The molecular weight excluding hydrogens is 253 g/mol. The third-order valence-corrected chi connectivity index (χ3v) is 2.42. The molecule has 0 atom stereocenters. The molecule has 0 radical (unpaired) electrons. The van der Waals surface area contributed by atoms with Crippen LogP contribution in [0.4, 0.5) is 5.69 Å². The van der Waals surface area contributed by atoms with Crippen molar-refractivity contribution < 1.29 is 4.74 Å². The maximum atomic E-state index is 5.37. The standard InChI is InChI=1S/C8H8INO/c9-10-7-1-2-8-6(5-7)3-4-11-8/h1-2,5,10H,3-4H2. The number of benzene rings is 1. The van der Waals surface area contributed by atoms with Crippen LogP contribution in [0.3, 0.4) is 0 Å². The van der Waals surface area contributed by atoms with Gasteiger partial charge in [-0.05, 0) is 23.8 Å². The molecular formula is C8H8INO.